The lowest BCUT2D eigenvalue weighted by Crippen LogP contribution is -2.15. The molecule has 0 spiro atoms. The summed E-state index contributed by atoms with van der Waals surface area (Å²) < 4.78 is 12.2. The monoisotopic (exact) mass is 370 g/mol. The Morgan fingerprint density at radius 3 is 2.65 bits per heavy atom. The van der Waals surface area contributed by atoms with Crippen LogP contribution in [0.1, 0.15) is 5.56 Å². The molecular formula is C15H12BrClO2S. The van der Waals surface area contributed by atoms with Crippen LogP contribution in [0.2, 0.25) is 5.02 Å². The number of halogens is 2. The molecule has 0 radical (unpaired) electrons. The number of thioether (sulfide) groups is 1. The van der Waals surface area contributed by atoms with Gasteiger partial charge in [-0.2, -0.15) is 0 Å². The number of hydrogen-bond acceptors (Lipinski definition) is 3. The standard InChI is InChI=1S/C15H12BrClO2S/c16-11-1-3-12(4-2-11)20-9-10-7-13(17)15-14(8-10)18-5-6-19-15/h1-4,7-8H,5-6,9H2. The fourth-order valence-electron chi connectivity index (χ4n) is 1.95. The van der Waals surface area contributed by atoms with Crippen LogP contribution in [0.25, 0.3) is 0 Å². The average molecular weight is 372 g/mol. The number of rotatable bonds is 3. The zero-order valence-corrected chi connectivity index (χ0v) is 13.7. The summed E-state index contributed by atoms with van der Waals surface area (Å²) >= 11 is 11.4. The second kappa shape index (κ2) is 6.29. The predicted octanol–water partition coefficient (Wildman–Crippen LogP) is 5.17. The third-order valence-corrected chi connectivity index (χ3v) is 4.77. The molecule has 20 heavy (non-hydrogen) atoms. The highest BCUT2D eigenvalue weighted by Crippen LogP contribution is 2.39. The molecule has 2 aromatic carbocycles. The molecule has 0 atom stereocenters. The summed E-state index contributed by atoms with van der Waals surface area (Å²) in [6, 6.07) is 12.2. The molecule has 0 bridgehead atoms. The smallest absolute Gasteiger partial charge is 0.179 e. The molecule has 1 heterocycles. The summed E-state index contributed by atoms with van der Waals surface area (Å²) in [5, 5.41) is 0.619. The second-order valence-corrected chi connectivity index (χ2v) is 6.72. The Hall–Kier alpha value is -0.840. The summed E-state index contributed by atoms with van der Waals surface area (Å²) in [6.45, 7) is 1.13. The van der Waals surface area contributed by atoms with Crippen LogP contribution < -0.4 is 9.47 Å². The van der Waals surface area contributed by atoms with E-state index in [0.29, 0.717) is 24.0 Å². The molecule has 0 saturated heterocycles. The van der Waals surface area contributed by atoms with Crippen LogP contribution in [0.5, 0.6) is 11.5 Å². The van der Waals surface area contributed by atoms with Crippen molar-refractivity contribution in [1.82, 2.24) is 0 Å². The molecule has 2 aromatic rings. The Morgan fingerprint density at radius 2 is 1.85 bits per heavy atom. The van der Waals surface area contributed by atoms with Gasteiger partial charge in [0, 0.05) is 15.1 Å². The van der Waals surface area contributed by atoms with E-state index in [1.54, 1.807) is 11.8 Å². The first-order valence-electron chi connectivity index (χ1n) is 6.19. The van der Waals surface area contributed by atoms with Gasteiger partial charge in [0.05, 0.1) is 5.02 Å². The minimum Gasteiger partial charge on any atom is -0.486 e. The van der Waals surface area contributed by atoms with Crippen LogP contribution >= 0.6 is 39.3 Å². The molecular weight excluding hydrogens is 360 g/mol. The maximum atomic E-state index is 6.23. The van der Waals surface area contributed by atoms with Gasteiger partial charge in [0.15, 0.2) is 11.5 Å². The van der Waals surface area contributed by atoms with Crippen molar-refractivity contribution in [2.45, 2.75) is 10.6 Å². The minimum absolute atomic E-state index is 0.555. The molecule has 0 unspecified atom stereocenters. The highest BCUT2D eigenvalue weighted by atomic mass is 79.9. The van der Waals surface area contributed by atoms with Crippen LogP contribution in [0.15, 0.2) is 45.8 Å². The fraction of sp³-hybridized carbons (Fsp3) is 0.200. The normalized spacial score (nSPS) is 13.3. The molecule has 0 aromatic heterocycles. The van der Waals surface area contributed by atoms with E-state index in [0.717, 1.165) is 21.5 Å². The molecule has 0 saturated carbocycles. The van der Waals surface area contributed by atoms with Gasteiger partial charge in [-0.1, -0.05) is 27.5 Å². The van der Waals surface area contributed by atoms with Gasteiger partial charge in [0.25, 0.3) is 0 Å². The SMILES string of the molecule is Clc1cc(CSc2ccc(Br)cc2)cc2c1OCCO2. The van der Waals surface area contributed by atoms with Crippen molar-refractivity contribution in [2.24, 2.45) is 0 Å². The molecule has 1 aliphatic rings. The van der Waals surface area contributed by atoms with Gasteiger partial charge in [-0.3, -0.25) is 0 Å². The topological polar surface area (TPSA) is 18.5 Å². The van der Waals surface area contributed by atoms with E-state index in [4.69, 9.17) is 21.1 Å². The largest absolute Gasteiger partial charge is 0.486 e. The average Bonchev–Trinajstić information content (AvgIpc) is 2.47. The van der Waals surface area contributed by atoms with E-state index < -0.39 is 0 Å². The van der Waals surface area contributed by atoms with E-state index >= 15 is 0 Å². The molecule has 3 rings (SSSR count). The lowest BCUT2D eigenvalue weighted by Gasteiger charge is -2.20. The highest BCUT2D eigenvalue weighted by Gasteiger charge is 2.16. The Kier molecular flexibility index (Phi) is 4.44. The second-order valence-electron chi connectivity index (χ2n) is 4.34. The first-order valence-corrected chi connectivity index (χ1v) is 8.34. The van der Waals surface area contributed by atoms with Crippen molar-refractivity contribution in [1.29, 1.82) is 0 Å². The van der Waals surface area contributed by atoms with Gasteiger partial charge in [-0.25, -0.2) is 0 Å². The number of fused-ring (bicyclic) bond motifs is 1. The van der Waals surface area contributed by atoms with E-state index in [9.17, 15) is 0 Å². The van der Waals surface area contributed by atoms with Gasteiger partial charge >= 0.3 is 0 Å². The van der Waals surface area contributed by atoms with E-state index in [1.807, 2.05) is 24.3 Å². The highest BCUT2D eigenvalue weighted by molar-refractivity contribution is 9.10. The molecule has 2 nitrogen and oxygen atoms in total. The summed E-state index contributed by atoms with van der Waals surface area (Å²) in [4.78, 5) is 1.22. The molecule has 0 amide bonds. The molecule has 0 fully saturated rings. The quantitative estimate of drug-likeness (QED) is 0.694. The van der Waals surface area contributed by atoms with E-state index in [2.05, 4.69) is 28.1 Å². The van der Waals surface area contributed by atoms with Crippen LogP contribution in [0, 0.1) is 0 Å². The number of hydrogen-bond donors (Lipinski definition) is 0. The number of benzene rings is 2. The van der Waals surface area contributed by atoms with Crippen molar-refractivity contribution in [3.05, 3.63) is 51.5 Å². The summed E-state index contributed by atoms with van der Waals surface area (Å²) in [5.41, 5.74) is 1.13. The molecule has 104 valence electrons. The van der Waals surface area contributed by atoms with E-state index in [1.165, 1.54) is 4.90 Å². The first kappa shape index (κ1) is 14.1. The molecule has 1 aliphatic heterocycles. The Morgan fingerprint density at radius 1 is 1.10 bits per heavy atom. The van der Waals surface area contributed by atoms with Crippen molar-refractivity contribution < 1.29 is 9.47 Å². The third kappa shape index (κ3) is 3.25. The van der Waals surface area contributed by atoms with Crippen LogP contribution in [-0.2, 0) is 5.75 Å². The maximum absolute atomic E-state index is 6.23. The zero-order valence-electron chi connectivity index (χ0n) is 10.6. The van der Waals surface area contributed by atoms with Crippen molar-refractivity contribution in [3.63, 3.8) is 0 Å². The van der Waals surface area contributed by atoms with Gasteiger partial charge in [0.1, 0.15) is 13.2 Å². The van der Waals surface area contributed by atoms with E-state index in [-0.39, 0.29) is 0 Å². The van der Waals surface area contributed by atoms with Crippen molar-refractivity contribution in [2.75, 3.05) is 13.2 Å². The van der Waals surface area contributed by atoms with Gasteiger partial charge < -0.3 is 9.47 Å². The van der Waals surface area contributed by atoms with Crippen molar-refractivity contribution >= 4 is 39.3 Å². The summed E-state index contributed by atoms with van der Waals surface area (Å²) in [6.07, 6.45) is 0. The Labute approximate surface area is 135 Å². The lowest BCUT2D eigenvalue weighted by atomic mass is 10.2. The molecule has 5 heteroatoms. The number of ether oxygens (including phenoxy) is 2. The molecule has 0 N–H and O–H groups in total. The summed E-state index contributed by atoms with van der Waals surface area (Å²) in [5.74, 6) is 2.25. The van der Waals surface area contributed by atoms with Gasteiger partial charge in [0.2, 0.25) is 0 Å². The first-order chi connectivity index (χ1) is 9.72. The van der Waals surface area contributed by atoms with Gasteiger partial charge in [-0.05, 0) is 42.0 Å². The zero-order chi connectivity index (χ0) is 13.9. The Balaban J connectivity index is 1.74. The Bertz CT molecular complexity index is 616. The lowest BCUT2D eigenvalue weighted by molar-refractivity contribution is 0.171. The van der Waals surface area contributed by atoms with Gasteiger partial charge in [-0.15, -0.1) is 11.8 Å². The fourth-order valence-corrected chi connectivity index (χ4v) is 3.33. The minimum atomic E-state index is 0.555. The van der Waals surface area contributed by atoms with Crippen molar-refractivity contribution in [3.8, 4) is 11.5 Å². The van der Waals surface area contributed by atoms with Crippen LogP contribution in [0.3, 0.4) is 0 Å². The van der Waals surface area contributed by atoms with Crippen LogP contribution in [0.4, 0.5) is 0 Å². The predicted molar refractivity (Wildman–Crippen MR) is 86.1 cm³/mol. The third-order valence-electron chi connectivity index (χ3n) is 2.88. The summed E-state index contributed by atoms with van der Waals surface area (Å²) in [7, 11) is 0. The molecule has 0 aliphatic carbocycles. The van der Waals surface area contributed by atoms with Crippen LogP contribution in [-0.4, -0.2) is 13.2 Å². The maximum Gasteiger partial charge on any atom is 0.179 e.